The zero-order chi connectivity index (χ0) is 21.5. The first-order valence-electron chi connectivity index (χ1n) is 10.5. The second-order valence-electron chi connectivity index (χ2n) is 7.45. The number of rotatable bonds is 10. The lowest BCUT2D eigenvalue weighted by molar-refractivity contribution is 0.109. The molecule has 2 aromatic heterocycles. The van der Waals surface area contributed by atoms with E-state index in [1.807, 2.05) is 24.4 Å². The lowest BCUT2D eigenvalue weighted by Crippen LogP contribution is -2.30. The highest BCUT2D eigenvalue weighted by molar-refractivity contribution is 5.97. The van der Waals surface area contributed by atoms with E-state index in [-0.39, 0.29) is 0 Å². The Morgan fingerprint density at radius 3 is 2.13 bits per heavy atom. The number of para-hydroxylation sites is 2. The van der Waals surface area contributed by atoms with Gasteiger partial charge in [0.25, 0.3) is 0 Å². The Balaban J connectivity index is 1.64. The third kappa shape index (κ3) is 5.17. The quantitative estimate of drug-likeness (QED) is 0.407. The molecule has 31 heavy (non-hydrogen) atoms. The number of nitrogens with one attached hydrogen (secondary N) is 1. The number of methoxy groups -OCH3 is 2. The molecule has 0 aliphatic rings. The molecule has 4 aromatic rings. The van der Waals surface area contributed by atoms with Crippen molar-refractivity contribution in [2.45, 2.75) is 6.54 Å². The van der Waals surface area contributed by atoms with Gasteiger partial charge in [-0.2, -0.15) is 0 Å². The zero-order valence-corrected chi connectivity index (χ0v) is 18.0. The van der Waals surface area contributed by atoms with Gasteiger partial charge in [0.1, 0.15) is 0 Å². The maximum atomic E-state index is 5.26. The lowest BCUT2D eigenvalue weighted by Gasteiger charge is -2.21. The largest absolute Gasteiger partial charge is 0.383 e. The van der Waals surface area contributed by atoms with Crippen LogP contribution in [0, 0.1) is 0 Å². The molecule has 4 rings (SSSR count). The minimum absolute atomic E-state index is 0.679. The van der Waals surface area contributed by atoms with Crippen LogP contribution in [0.4, 0.5) is 11.4 Å². The standard InChI is InChI=1S/C25H28N4O2/c1-30-16-14-29(15-17-31-2)18-21-12-11-20-7-4-10-23(25(20)27-21)28-22-9-3-6-19-8-5-13-26-24(19)22/h3-13,28H,14-18H2,1-2H3. The van der Waals surface area contributed by atoms with Crippen molar-refractivity contribution in [1.82, 2.24) is 14.9 Å². The molecule has 0 atom stereocenters. The number of pyridine rings is 2. The average molecular weight is 417 g/mol. The minimum Gasteiger partial charge on any atom is -0.383 e. The van der Waals surface area contributed by atoms with Crippen LogP contribution in [0.3, 0.4) is 0 Å². The van der Waals surface area contributed by atoms with Crippen molar-refractivity contribution in [3.8, 4) is 0 Å². The fraction of sp³-hybridized carbons (Fsp3) is 0.280. The number of benzene rings is 2. The second kappa shape index (κ2) is 10.3. The number of ether oxygens (including phenoxy) is 2. The molecule has 0 fully saturated rings. The molecule has 0 spiro atoms. The second-order valence-corrected chi connectivity index (χ2v) is 7.45. The predicted molar refractivity (Wildman–Crippen MR) is 126 cm³/mol. The Morgan fingerprint density at radius 2 is 1.42 bits per heavy atom. The summed E-state index contributed by atoms with van der Waals surface area (Å²) in [5, 5.41) is 5.76. The summed E-state index contributed by atoms with van der Waals surface area (Å²) >= 11 is 0. The van der Waals surface area contributed by atoms with Gasteiger partial charge in [-0.25, -0.2) is 4.98 Å². The summed E-state index contributed by atoms with van der Waals surface area (Å²) in [7, 11) is 3.45. The van der Waals surface area contributed by atoms with Crippen LogP contribution in [0.15, 0.2) is 66.9 Å². The molecule has 6 nitrogen and oxygen atoms in total. The van der Waals surface area contributed by atoms with Gasteiger partial charge in [-0.3, -0.25) is 9.88 Å². The van der Waals surface area contributed by atoms with Crippen LogP contribution in [-0.2, 0) is 16.0 Å². The van der Waals surface area contributed by atoms with Crippen molar-refractivity contribution in [1.29, 1.82) is 0 Å². The fourth-order valence-electron chi connectivity index (χ4n) is 3.67. The highest BCUT2D eigenvalue weighted by Gasteiger charge is 2.10. The van der Waals surface area contributed by atoms with Crippen LogP contribution >= 0.6 is 0 Å². The van der Waals surface area contributed by atoms with E-state index in [2.05, 4.69) is 57.7 Å². The maximum absolute atomic E-state index is 5.26. The van der Waals surface area contributed by atoms with E-state index in [1.54, 1.807) is 14.2 Å². The Hall–Kier alpha value is -3.06. The molecular formula is C25H28N4O2. The van der Waals surface area contributed by atoms with Gasteiger partial charge in [0.2, 0.25) is 0 Å². The number of hydrogen-bond acceptors (Lipinski definition) is 6. The summed E-state index contributed by atoms with van der Waals surface area (Å²) in [6.07, 6.45) is 1.82. The predicted octanol–water partition coefficient (Wildman–Crippen LogP) is 4.62. The minimum atomic E-state index is 0.679. The van der Waals surface area contributed by atoms with Gasteiger partial charge in [-0.15, -0.1) is 0 Å². The molecule has 0 saturated carbocycles. The maximum Gasteiger partial charge on any atom is 0.0940 e. The summed E-state index contributed by atoms with van der Waals surface area (Å²) < 4.78 is 10.5. The lowest BCUT2D eigenvalue weighted by atomic mass is 10.1. The highest BCUT2D eigenvalue weighted by Crippen LogP contribution is 2.29. The smallest absolute Gasteiger partial charge is 0.0940 e. The van der Waals surface area contributed by atoms with Crippen LogP contribution in [0.2, 0.25) is 0 Å². The Labute approximate surface area is 182 Å². The molecule has 6 heteroatoms. The van der Waals surface area contributed by atoms with E-state index in [4.69, 9.17) is 14.5 Å². The van der Waals surface area contributed by atoms with Gasteiger partial charge in [0, 0.05) is 50.8 Å². The van der Waals surface area contributed by atoms with Crippen molar-refractivity contribution in [3.05, 3.63) is 72.6 Å². The Bertz CT molecular complexity index is 1140. The molecule has 0 bridgehead atoms. The van der Waals surface area contributed by atoms with E-state index in [0.29, 0.717) is 13.2 Å². The topological polar surface area (TPSA) is 59.5 Å². The van der Waals surface area contributed by atoms with E-state index < -0.39 is 0 Å². The van der Waals surface area contributed by atoms with Crippen molar-refractivity contribution in [2.75, 3.05) is 45.8 Å². The molecule has 0 aliphatic heterocycles. The third-order valence-corrected chi connectivity index (χ3v) is 5.29. The number of aromatic nitrogens is 2. The summed E-state index contributed by atoms with van der Waals surface area (Å²) in [6.45, 7) is 3.77. The summed E-state index contributed by atoms with van der Waals surface area (Å²) in [4.78, 5) is 11.9. The first-order valence-corrected chi connectivity index (χ1v) is 10.5. The van der Waals surface area contributed by atoms with Crippen LogP contribution < -0.4 is 5.32 Å². The first kappa shape index (κ1) is 21.2. The average Bonchev–Trinajstić information content (AvgIpc) is 2.81. The van der Waals surface area contributed by atoms with Gasteiger partial charge in [0.15, 0.2) is 0 Å². The molecule has 0 unspecified atom stereocenters. The van der Waals surface area contributed by atoms with Crippen LogP contribution in [0.5, 0.6) is 0 Å². The van der Waals surface area contributed by atoms with Crippen molar-refractivity contribution < 1.29 is 9.47 Å². The molecule has 2 aromatic carbocycles. The van der Waals surface area contributed by atoms with Crippen LogP contribution in [0.25, 0.3) is 21.8 Å². The van der Waals surface area contributed by atoms with Crippen molar-refractivity contribution in [3.63, 3.8) is 0 Å². The van der Waals surface area contributed by atoms with Crippen molar-refractivity contribution >= 4 is 33.2 Å². The highest BCUT2D eigenvalue weighted by atomic mass is 16.5. The fourth-order valence-corrected chi connectivity index (χ4v) is 3.67. The SMILES string of the molecule is COCCN(CCOC)Cc1ccc2cccc(Nc3cccc4cccnc34)c2n1. The van der Waals surface area contributed by atoms with E-state index in [0.717, 1.165) is 58.5 Å². The number of hydrogen-bond donors (Lipinski definition) is 1. The normalized spacial score (nSPS) is 11.5. The van der Waals surface area contributed by atoms with Gasteiger partial charge in [-0.05, 0) is 24.3 Å². The number of nitrogens with zero attached hydrogens (tertiary/aromatic N) is 3. The van der Waals surface area contributed by atoms with Crippen molar-refractivity contribution in [2.24, 2.45) is 0 Å². The van der Waals surface area contributed by atoms with Gasteiger partial charge in [0.05, 0.1) is 41.3 Å². The van der Waals surface area contributed by atoms with E-state index in [9.17, 15) is 0 Å². The number of anilines is 2. The van der Waals surface area contributed by atoms with Gasteiger partial charge in [-0.1, -0.05) is 36.4 Å². The summed E-state index contributed by atoms with van der Waals surface area (Å²) in [5.41, 5.74) is 4.86. The van der Waals surface area contributed by atoms with E-state index in [1.165, 1.54) is 0 Å². The molecule has 0 amide bonds. The summed E-state index contributed by atoms with van der Waals surface area (Å²) in [5.74, 6) is 0. The van der Waals surface area contributed by atoms with Crippen LogP contribution in [-0.4, -0.2) is 55.4 Å². The molecule has 0 radical (unpaired) electrons. The van der Waals surface area contributed by atoms with Gasteiger partial charge >= 0.3 is 0 Å². The molecule has 1 N–H and O–H groups in total. The third-order valence-electron chi connectivity index (χ3n) is 5.29. The first-order chi connectivity index (χ1) is 15.3. The molecule has 0 saturated heterocycles. The molecular weight excluding hydrogens is 388 g/mol. The zero-order valence-electron chi connectivity index (χ0n) is 18.0. The molecule has 2 heterocycles. The Kier molecular flexibility index (Phi) is 7.04. The molecule has 0 aliphatic carbocycles. The summed E-state index contributed by atoms with van der Waals surface area (Å²) in [6, 6.07) is 20.6. The van der Waals surface area contributed by atoms with Crippen LogP contribution in [0.1, 0.15) is 5.69 Å². The van der Waals surface area contributed by atoms with Gasteiger partial charge < -0.3 is 14.8 Å². The number of fused-ring (bicyclic) bond motifs is 2. The molecule has 160 valence electrons. The monoisotopic (exact) mass is 416 g/mol. The Morgan fingerprint density at radius 1 is 0.774 bits per heavy atom. The van der Waals surface area contributed by atoms with E-state index >= 15 is 0 Å².